The summed E-state index contributed by atoms with van der Waals surface area (Å²) in [6, 6.07) is 0.507. The van der Waals surface area contributed by atoms with Gasteiger partial charge in [-0.25, -0.2) is 0 Å². The maximum absolute atomic E-state index is 5.88. The average molecular weight is 126 g/mol. The van der Waals surface area contributed by atoms with Crippen LogP contribution in [0.5, 0.6) is 0 Å². The molecule has 1 heterocycles. The van der Waals surface area contributed by atoms with Crippen LogP contribution in [0, 0.1) is 5.41 Å². The zero-order chi connectivity index (χ0) is 6.32. The van der Waals surface area contributed by atoms with Crippen molar-refractivity contribution in [1.82, 2.24) is 5.32 Å². The molecular formula is C7H14N2. The number of hydrogen-bond donors (Lipinski definition) is 2. The van der Waals surface area contributed by atoms with Crippen LogP contribution in [0.25, 0.3) is 0 Å². The Morgan fingerprint density at radius 3 is 2.56 bits per heavy atom. The van der Waals surface area contributed by atoms with Crippen LogP contribution in [-0.2, 0) is 0 Å². The molecule has 2 nitrogen and oxygen atoms in total. The summed E-state index contributed by atoms with van der Waals surface area (Å²) in [5, 5.41) is 3.37. The lowest BCUT2D eigenvalue weighted by Crippen LogP contribution is -2.51. The molecule has 0 unspecified atom stereocenters. The van der Waals surface area contributed by atoms with E-state index in [4.69, 9.17) is 5.73 Å². The third-order valence-electron chi connectivity index (χ3n) is 3.02. The van der Waals surface area contributed by atoms with Crippen LogP contribution in [0.1, 0.15) is 19.3 Å². The van der Waals surface area contributed by atoms with Gasteiger partial charge in [-0.2, -0.15) is 0 Å². The van der Waals surface area contributed by atoms with E-state index in [1.807, 2.05) is 0 Å². The SMILES string of the molecule is N[C@@H]1CC[C@@]12CCNC2. The molecule has 0 aromatic carbocycles. The van der Waals surface area contributed by atoms with Gasteiger partial charge in [0, 0.05) is 12.6 Å². The van der Waals surface area contributed by atoms with Gasteiger partial charge in [0.05, 0.1) is 0 Å². The summed E-state index contributed by atoms with van der Waals surface area (Å²) in [6.45, 7) is 2.36. The standard InChI is InChI=1S/C7H14N2/c8-6-1-2-7(6)3-4-9-5-7/h6,9H,1-5,8H2/t6-,7+/m1/s1. The second-order valence-corrected chi connectivity index (χ2v) is 3.43. The van der Waals surface area contributed by atoms with Crippen LogP contribution in [0.15, 0.2) is 0 Å². The Hall–Kier alpha value is -0.0800. The van der Waals surface area contributed by atoms with E-state index < -0.39 is 0 Å². The predicted octanol–water partition coefficient (Wildman–Crippen LogP) is 0.0872. The normalized spacial score (nSPS) is 49.7. The third-order valence-corrected chi connectivity index (χ3v) is 3.02. The number of nitrogens with two attached hydrogens (primary N) is 1. The minimum atomic E-state index is 0.507. The fourth-order valence-corrected chi connectivity index (χ4v) is 2.01. The van der Waals surface area contributed by atoms with Gasteiger partial charge in [0.2, 0.25) is 0 Å². The highest BCUT2D eigenvalue weighted by atomic mass is 15.0. The minimum Gasteiger partial charge on any atom is -0.327 e. The van der Waals surface area contributed by atoms with Crippen LogP contribution >= 0.6 is 0 Å². The van der Waals surface area contributed by atoms with E-state index in [0.29, 0.717) is 11.5 Å². The van der Waals surface area contributed by atoms with Crippen LogP contribution in [0.4, 0.5) is 0 Å². The average Bonchev–Trinajstić information content (AvgIpc) is 2.34. The molecule has 2 fully saturated rings. The first-order chi connectivity index (χ1) is 4.33. The van der Waals surface area contributed by atoms with E-state index in [1.54, 1.807) is 0 Å². The fourth-order valence-electron chi connectivity index (χ4n) is 2.01. The van der Waals surface area contributed by atoms with Gasteiger partial charge >= 0.3 is 0 Å². The first-order valence-corrected chi connectivity index (χ1v) is 3.80. The molecule has 3 N–H and O–H groups in total. The molecule has 1 saturated carbocycles. The summed E-state index contributed by atoms with van der Waals surface area (Å²) in [5.41, 5.74) is 6.42. The number of nitrogens with one attached hydrogen (secondary N) is 1. The Bertz CT molecular complexity index is 116. The van der Waals surface area contributed by atoms with Gasteiger partial charge in [0.15, 0.2) is 0 Å². The second kappa shape index (κ2) is 1.70. The Labute approximate surface area is 55.8 Å². The summed E-state index contributed by atoms with van der Waals surface area (Å²) in [4.78, 5) is 0. The van der Waals surface area contributed by atoms with E-state index in [0.717, 1.165) is 0 Å². The summed E-state index contributed by atoms with van der Waals surface area (Å²) in [7, 11) is 0. The van der Waals surface area contributed by atoms with Crippen molar-refractivity contribution in [3.8, 4) is 0 Å². The Kier molecular flexibility index (Phi) is 1.08. The molecule has 0 aromatic rings. The van der Waals surface area contributed by atoms with Crippen LogP contribution in [0.2, 0.25) is 0 Å². The molecule has 1 saturated heterocycles. The summed E-state index contributed by atoms with van der Waals surface area (Å²) in [6.07, 6.45) is 3.93. The lowest BCUT2D eigenvalue weighted by atomic mass is 9.64. The van der Waals surface area contributed by atoms with Crippen molar-refractivity contribution in [2.45, 2.75) is 25.3 Å². The maximum Gasteiger partial charge on any atom is 0.0108 e. The highest BCUT2D eigenvalue weighted by Crippen LogP contribution is 2.44. The highest BCUT2D eigenvalue weighted by Gasteiger charge is 2.46. The molecule has 0 amide bonds. The van der Waals surface area contributed by atoms with E-state index in [1.165, 1.54) is 32.4 Å². The quantitative estimate of drug-likeness (QED) is 0.482. The van der Waals surface area contributed by atoms with Gasteiger partial charge in [-0.1, -0.05) is 0 Å². The molecular weight excluding hydrogens is 112 g/mol. The first-order valence-electron chi connectivity index (χ1n) is 3.80. The smallest absolute Gasteiger partial charge is 0.0108 e. The molecule has 2 atom stereocenters. The van der Waals surface area contributed by atoms with Gasteiger partial charge in [0.1, 0.15) is 0 Å². The monoisotopic (exact) mass is 126 g/mol. The lowest BCUT2D eigenvalue weighted by Gasteiger charge is -2.44. The van der Waals surface area contributed by atoms with Crippen molar-refractivity contribution in [2.75, 3.05) is 13.1 Å². The lowest BCUT2D eigenvalue weighted by molar-refractivity contribution is 0.119. The Balaban J connectivity index is 2.06. The Morgan fingerprint density at radius 1 is 1.44 bits per heavy atom. The molecule has 1 aliphatic heterocycles. The predicted molar refractivity (Wildman–Crippen MR) is 37.1 cm³/mol. The molecule has 2 rings (SSSR count). The van der Waals surface area contributed by atoms with Crippen LogP contribution < -0.4 is 11.1 Å². The number of hydrogen-bond acceptors (Lipinski definition) is 2. The van der Waals surface area contributed by atoms with Gasteiger partial charge < -0.3 is 11.1 Å². The molecule has 2 heteroatoms. The molecule has 0 bridgehead atoms. The van der Waals surface area contributed by atoms with Crippen molar-refractivity contribution in [3.05, 3.63) is 0 Å². The number of rotatable bonds is 0. The summed E-state index contributed by atoms with van der Waals surface area (Å²) in [5.74, 6) is 0. The molecule has 2 aliphatic rings. The van der Waals surface area contributed by atoms with Crippen LogP contribution in [-0.4, -0.2) is 19.1 Å². The maximum atomic E-state index is 5.88. The summed E-state index contributed by atoms with van der Waals surface area (Å²) >= 11 is 0. The second-order valence-electron chi connectivity index (χ2n) is 3.43. The zero-order valence-electron chi connectivity index (χ0n) is 5.69. The van der Waals surface area contributed by atoms with Crippen molar-refractivity contribution in [1.29, 1.82) is 0 Å². The van der Waals surface area contributed by atoms with Gasteiger partial charge in [-0.15, -0.1) is 0 Å². The van der Waals surface area contributed by atoms with E-state index in [2.05, 4.69) is 5.32 Å². The van der Waals surface area contributed by atoms with E-state index in [9.17, 15) is 0 Å². The van der Waals surface area contributed by atoms with Crippen molar-refractivity contribution < 1.29 is 0 Å². The largest absolute Gasteiger partial charge is 0.327 e. The topological polar surface area (TPSA) is 38.0 Å². The minimum absolute atomic E-state index is 0.507. The third kappa shape index (κ3) is 0.634. The molecule has 1 aliphatic carbocycles. The van der Waals surface area contributed by atoms with Crippen LogP contribution in [0.3, 0.4) is 0 Å². The van der Waals surface area contributed by atoms with Crippen molar-refractivity contribution >= 4 is 0 Å². The zero-order valence-corrected chi connectivity index (χ0v) is 5.69. The van der Waals surface area contributed by atoms with E-state index in [-0.39, 0.29) is 0 Å². The molecule has 0 radical (unpaired) electrons. The summed E-state index contributed by atoms with van der Waals surface area (Å²) < 4.78 is 0. The Morgan fingerprint density at radius 2 is 2.33 bits per heavy atom. The fraction of sp³-hybridized carbons (Fsp3) is 1.00. The first kappa shape index (κ1) is 5.69. The van der Waals surface area contributed by atoms with Crippen molar-refractivity contribution in [2.24, 2.45) is 11.1 Å². The molecule has 52 valence electrons. The van der Waals surface area contributed by atoms with Gasteiger partial charge in [-0.05, 0) is 31.2 Å². The highest BCUT2D eigenvalue weighted by molar-refractivity contribution is 5.03. The van der Waals surface area contributed by atoms with Gasteiger partial charge in [-0.3, -0.25) is 0 Å². The molecule has 0 aromatic heterocycles. The van der Waals surface area contributed by atoms with Gasteiger partial charge in [0.25, 0.3) is 0 Å². The molecule has 1 spiro atoms. The van der Waals surface area contributed by atoms with E-state index >= 15 is 0 Å². The van der Waals surface area contributed by atoms with Crippen molar-refractivity contribution in [3.63, 3.8) is 0 Å². The molecule has 9 heavy (non-hydrogen) atoms.